The molecule has 0 heterocycles. The summed E-state index contributed by atoms with van der Waals surface area (Å²) in [6, 6.07) is 0. The average molecular weight is 280 g/mol. The molecule has 114 valence electrons. The third-order valence-corrected chi connectivity index (χ3v) is 3.14. The third-order valence-electron chi connectivity index (χ3n) is 3.14. The molecule has 0 bridgehead atoms. The molecule has 0 saturated heterocycles. The van der Waals surface area contributed by atoms with E-state index in [1.165, 1.54) is 19.3 Å². The van der Waals surface area contributed by atoms with Crippen LogP contribution in [0.3, 0.4) is 0 Å². The van der Waals surface area contributed by atoms with Crippen molar-refractivity contribution in [1.82, 2.24) is 0 Å². The fourth-order valence-electron chi connectivity index (χ4n) is 1.71. The predicted molar refractivity (Wildman–Crippen MR) is 81.9 cm³/mol. The van der Waals surface area contributed by atoms with Gasteiger partial charge in [-0.1, -0.05) is 57.8 Å². The van der Waals surface area contributed by atoms with Crippen LogP contribution in [0.5, 0.6) is 0 Å². The SMILES string of the molecule is CCCCCCC[C@H](O)[C@H](O)CC#CC#C[C@@H](O)CC. The van der Waals surface area contributed by atoms with E-state index in [0.29, 0.717) is 12.8 Å². The summed E-state index contributed by atoms with van der Waals surface area (Å²) in [5.74, 6) is 10.4. The van der Waals surface area contributed by atoms with Crippen molar-refractivity contribution < 1.29 is 15.3 Å². The number of aliphatic hydroxyl groups is 3. The lowest BCUT2D eigenvalue weighted by Gasteiger charge is -2.15. The number of aliphatic hydroxyl groups excluding tert-OH is 3. The van der Waals surface area contributed by atoms with Gasteiger partial charge in [0.05, 0.1) is 12.2 Å². The maximum Gasteiger partial charge on any atom is 0.115 e. The fraction of sp³-hybridized carbons (Fsp3) is 0.765. The second-order valence-electron chi connectivity index (χ2n) is 5.04. The summed E-state index contributed by atoms with van der Waals surface area (Å²) in [6.45, 7) is 4.01. The lowest BCUT2D eigenvalue weighted by Crippen LogP contribution is -2.25. The number of rotatable bonds is 9. The van der Waals surface area contributed by atoms with Crippen molar-refractivity contribution in [1.29, 1.82) is 0 Å². The van der Waals surface area contributed by atoms with E-state index in [-0.39, 0.29) is 6.42 Å². The van der Waals surface area contributed by atoms with E-state index in [4.69, 9.17) is 0 Å². The van der Waals surface area contributed by atoms with Gasteiger partial charge in [0.25, 0.3) is 0 Å². The minimum Gasteiger partial charge on any atom is -0.390 e. The Morgan fingerprint density at radius 2 is 1.55 bits per heavy atom. The number of hydrogen-bond donors (Lipinski definition) is 3. The first-order valence-electron chi connectivity index (χ1n) is 7.64. The van der Waals surface area contributed by atoms with E-state index in [1.54, 1.807) is 0 Å². The van der Waals surface area contributed by atoms with Crippen molar-refractivity contribution >= 4 is 0 Å². The summed E-state index contributed by atoms with van der Waals surface area (Å²) in [7, 11) is 0. The zero-order valence-corrected chi connectivity index (χ0v) is 12.7. The first-order valence-corrected chi connectivity index (χ1v) is 7.64. The highest BCUT2D eigenvalue weighted by atomic mass is 16.3. The molecule has 0 radical (unpaired) electrons. The van der Waals surface area contributed by atoms with Crippen LogP contribution >= 0.6 is 0 Å². The van der Waals surface area contributed by atoms with Gasteiger partial charge in [-0.15, -0.1) is 0 Å². The van der Waals surface area contributed by atoms with Crippen LogP contribution < -0.4 is 0 Å². The zero-order valence-electron chi connectivity index (χ0n) is 12.7. The van der Waals surface area contributed by atoms with Gasteiger partial charge in [-0.2, -0.15) is 0 Å². The molecule has 3 N–H and O–H groups in total. The Labute approximate surface area is 123 Å². The fourth-order valence-corrected chi connectivity index (χ4v) is 1.71. The molecule has 0 aromatic carbocycles. The highest BCUT2D eigenvalue weighted by Crippen LogP contribution is 2.10. The second-order valence-corrected chi connectivity index (χ2v) is 5.04. The first kappa shape index (κ1) is 19.0. The van der Waals surface area contributed by atoms with Gasteiger partial charge in [0, 0.05) is 6.42 Å². The van der Waals surface area contributed by atoms with Crippen molar-refractivity contribution in [3.8, 4) is 23.7 Å². The summed E-state index contributed by atoms with van der Waals surface area (Å²) in [6.07, 6.45) is 4.91. The molecule has 0 aliphatic heterocycles. The van der Waals surface area contributed by atoms with E-state index in [1.807, 2.05) is 6.92 Å². The van der Waals surface area contributed by atoms with E-state index >= 15 is 0 Å². The Bertz CT molecular complexity index is 343. The second kappa shape index (κ2) is 13.0. The molecule has 20 heavy (non-hydrogen) atoms. The molecular formula is C17H28O3. The van der Waals surface area contributed by atoms with E-state index in [9.17, 15) is 15.3 Å². The van der Waals surface area contributed by atoms with Gasteiger partial charge in [0.2, 0.25) is 0 Å². The van der Waals surface area contributed by atoms with Gasteiger partial charge in [-0.05, 0) is 24.7 Å². The van der Waals surface area contributed by atoms with Crippen LogP contribution in [0.2, 0.25) is 0 Å². The van der Waals surface area contributed by atoms with Gasteiger partial charge in [0.15, 0.2) is 0 Å². The van der Waals surface area contributed by atoms with Crippen LogP contribution in [0.15, 0.2) is 0 Å². The molecule has 0 unspecified atom stereocenters. The molecule has 0 spiro atoms. The first-order chi connectivity index (χ1) is 9.61. The summed E-state index contributed by atoms with van der Waals surface area (Å²) in [4.78, 5) is 0. The molecule has 0 amide bonds. The lowest BCUT2D eigenvalue weighted by atomic mass is 10.0. The van der Waals surface area contributed by atoms with Gasteiger partial charge >= 0.3 is 0 Å². The van der Waals surface area contributed by atoms with Crippen molar-refractivity contribution in [2.75, 3.05) is 0 Å². The van der Waals surface area contributed by atoms with Crippen LogP contribution in [0.4, 0.5) is 0 Å². The van der Waals surface area contributed by atoms with Crippen molar-refractivity contribution in [2.45, 2.75) is 83.5 Å². The third kappa shape index (κ3) is 10.9. The molecule has 0 aromatic heterocycles. The normalized spacial score (nSPS) is 14.4. The molecule has 0 rings (SSSR count). The Morgan fingerprint density at radius 1 is 0.850 bits per heavy atom. The van der Waals surface area contributed by atoms with Crippen molar-refractivity contribution in [3.63, 3.8) is 0 Å². The van der Waals surface area contributed by atoms with Gasteiger partial charge in [-0.3, -0.25) is 0 Å². The molecule has 3 heteroatoms. The topological polar surface area (TPSA) is 60.7 Å². The Kier molecular flexibility index (Phi) is 12.4. The summed E-state index contributed by atoms with van der Waals surface area (Å²) < 4.78 is 0. The molecule has 0 aromatic rings. The van der Waals surface area contributed by atoms with E-state index in [2.05, 4.69) is 30.6 Å². The lowest BCUT2D eigenvalue weighted by molar-refractivity contribution is 0.0165. The molecule has 0 saturated carbocycles. The number of unbranched alkanes of at least 4 members (excludes halogenated alkanes) is 4. The molecular weight excluding hydrogens is 252 g/mol. The molecule has 0 aliphatic rings. The standard InChI is InChI=1S/C17H28O3/c1-3-5-6-7-10-13-16(19)17(20)14-11-8-9-12-15(18)4-2/h15-20H,3-7,10,13-14H2,1-2H3/t15-,16-,17+/m0/s1. The van der Waals surface area contributed by atoms with Crippen molar-refractivity contribution in [2.24, 2.45) is 0 Å². The Balaban J connectivity index is 3.81. The van der Waals surface area contributed by atoms with Gasteiger partial charge in [-0.25, -0.2) is 0 Å². The highest BCUT2D eigenvalue weighted by Gasteiger charge is 2.14. The van der Waals surface area contributed by atoms with Gasteiger partial charge < -0.3 is 15.3 Å². The minimum absolute atomic E-state index is 0.215. The van der Waals surface area contributed by atoms with Crippen molar-refractivity contribution in [3.05, 3.63) is 0 Å². The molecule has 0 fully saturated rings. The minimum atomic E-state index is -0.813. The molecule has 0 aliphatic carbocycles. The van der Waals surface area contributed by atoms with E-state index < -0.39 is 18.3 Å². The maximum atomic E-state index is 9.76. The Morgan fingerprint density at radius 3 is 2.20 bits per heavy atom. The summed E-state index contributed by atoms with van der Waals surface area (Å²) in [5, 5.41) is 28.7. The quantitative estimate of drug-likeness (QED) is 0.448. The van der Waals surface area contributed by atoms with Gasteiger partial charge in [0.1, 0.15) is 6.10 Å². The average Bonchev–Trinajstić information content (AvgIpc) is 2.45. The largest absolute Gasteiger partial charge is 0.390 e. The molecule has 3 atom stereocenters. The summed E-state index contributed by atoms with van der Waals surface area (Å²) >= 11 is 0. The van der Waals surface area contributed by atoms with Crippen LogP contribution in [0.1, 0.15) is 65.2 Å². The Hall–Kier alpha value is -1.00. The monoisotopic (exact) mass is 280 g/mol. The zero-order chi connectivity index (χ0) is 15.2. The highest BCUT2D eigenvalue weighted by molar-refractivity contribution is 5.27. The van der Waals surface area contributed by atoms with Crippen LogP contribution in [-0.4, -0.2) is 33.6 Å². The van der Waals surface area contributed by atoms with Crippen LogP contribution in [0.25, 0.3) is 0 Å². The van der Waals surface area contributed by atoms with Crippen LogP contribution in [0, 0.1) is 23.7 Å². The number of hydrogen-bond acceptors (Lipinski definition) is 3. The maximum absolute atomic E-state index is 9.76. The van der Waals surface area contributed by atoms with E-state index in [0.717, 1.165) is 12.8 Å². The van der Waals surface area contributed by atoms with Crippen LogP contribution in [-0.2, 0) is 0 Å². The molecule has 3 nitrogen and oxygen atoms in total. The predicted octanol–water partition coefficient (Wildman–Crippen LogP) is 2.24. The smallest absolute Gasteiger partial charge is 0.115 e. The summed E-state index contributed by atoms with van der Waals surface area (Å²) in [5.41, 5.74) is 0.